The van der Waals surface area contributed by atoms with Crippen molar-refractivity contribution in [1.29, 1.82) is 0 Å². The Morgan fingerprint density at radius 1 is 0.811 bits per heavy atom. The zero-order valence-electron chi connectivity index (χ0n) is 36.2. The van der Waals surface area contributed by atoms with Gasteiger partial charge < -0.3 is 9.97 Å². The Morgan fingerprint density at radius 2 is 1.60 bits per heavy atom. The van der Waals surface area contributed by atoms with Crippen LogP contribution < -0.4 is 5.19 Å². The first kappa shape index (κ1) is 32.7. The molecule has 0 amide bonds. The number of benzene rings is 4. The van der Waals surface area contributed by atoms with Crippen molar-refractivity contribution in [3.05, 3.63) is 150 Å². The molecular formula is C48H50IrN2SSi-2. The first-order valence-corrected chi connectivity index (χ1v) is 22.7. The van der Waals surface area contributed by atoms with Crippen LogP contribution in [0.5, 0.6) is 0 Å². The van der Waals surface area contributed by atoms with E-state index in [0.717, 1.165) is 84.9 Å². The molecular weight excluding hydrogens is 857 g/mol. The topological polar surface area (TPSA) is 25.8 Å². The summed E-state index contributed by atoms with van der Waals surface area (Å²) in [6.07, 6.45) is 6.07. The summed E-state index contributed by atoms with van der Waals surface area (Å²) in [6.45, 7) is 10.5. The molecule has 0 atom stereocenters. The van der Waals surface area contributed by atoms with Crippen LogP contribution >= 0.6 is 11.3 Å². The Bertz CT molecular complexity index is 2490. The predicted octanol–water partition coefficient (Wildman–Crippen LogP) is 12.8. The van der Waals surface area contributed by atoms with Crippen LogP contribution in [0.3, 0.4) is 0 Å². The third kappa shape index (κ3) is 9.50. The quantitative estimate of drug-likeness (QED) is 0.112. The minimum Gasteiger partial charge on any atom is -0.305 e. The molecule has 1 aliphatic carbocycles. The van der Waals surface area contributed by atoms with Crippen molar-refractivity contribution >= 4 is 44.8 Å². The number of aromatic nitrogens is 2. The minimum atomic E-state index is -1.76. The predicted molar refractivity (Wildman–Crippen MR) is 227 cm³/mol. The van der Waals surface area contributed by atoms with Crippen molar-refractivity contribution in [1.82, 2.24) is 9.97 Å². The molecule has 8 rings (SSSR count). The minimum absolute atomic E-state index is 0. The summed E-state index contributed by atoms with van der Waals surface area (Å²) < 4.78 is 46.1. The number of nitrogens with zero attached hydrogens (tertiary/aromatic N) is 2. The first-order valence-electron chi connectivity index (χ1n) is 20.9. The molecule has 0 N–H and O–H groups in total. The number of fused-ring (bicyclic) bond motifs is 3. The summed E-state index contributed by atoms with van der Waals surface area (Å²) in [7, 11) is -1.76. The second kappa shape index (κ2) is 17.6. The van der Waals surface area contributed by atoms with Crippen molar-refractivity contribution in [3.63, 3.8) is 0 Å². The average Bonchev–Trinajstić information content (AvgIpc) is 3.60. The smallest absolute Gasteiger partial charge is 0.0799 e. The van der Waals surface area contributed by atoms with Gasteiger partial charge in [0.1, 0.15) is 0 Å². The fourth-order valence-electron chi connectivity index (χ4n) is 6.92. The van der Waals surface area contributed by atoms with Crippen LogP contribution in [0.1, 0.15) is 81.0 Å². The normalized spacial score (nSPS) is 15.6. The molecule has 1 fully saturated rings. The van der Waals surface area contributed by atoms with Crippen LogP contribution in [0, 0.1) is 18.1 Å². The van der Waals surface area contributed by atoms with Gasteiger partial charge in [0.15, 0.2) is 0 Å². The maximum atomic E-state index is 8.87. The van der Waals surface area contributed by atoms with Crippen molar-refractivity contribution in [3.8, 4) is 22.5 Å². The van der Waals surface area contributed by atoms with Crippen LogP contribution in [-0.2, 0) is 32.9 Å². The van der Waals surface area contributed by atoms with E-state index in [-0.39, 0.29) is 26.0 Å². The molecule has 0 spiro atoms. The summed E-state index contributed by atoms with van der Waals surface area (Å²) in [6, 6.07) is 39.6. The Balaban J connectivity index is 0.000000198. The van der Waals surface area contributed by atoms with E-state index < -0.39 is 26.7 Å². The SMILES string of the molecule is [2H]C(C)(C)c1ccc2c(c1)sc1c(-c3cc(C([2H])([2H])C4CCCCC4)ccn3)[c-]ccc12.[2H]C([2H])(c1ccccc1)c1cc(-c2[c-]cccc2)ncc1[Si](C)(C)C.[Ir]. The molecule has 5 heteroatoms. The molecule has 4 aromatic carbocycles. The van der Waals surface area contributed by atoms with Gasteiger partial charge in [-0.2, -0.15) is 11.3 Å². The first-order chi connectivity index (χ1) is 27.0. The van der Waals surface area contributed by atoms with Gasteiger partial charge in [0, 0.05) is 44.1 Å². The maximum absolute atomic E-state index is 8.87. The molecule has 273 valence electrons. The number of pyridine rings is 2. The molecule has 3 aromatic heterocycles. The maximum Gasteiger partial charge on any atom is 0.0799 e. The van der Waals surface area contributed by atoms with Gasteiger partial charge in [-0.15, -0.1) is 59.7 Å². The van der Waals surface area contributed by atoms with Gasteiger partial charge in [-0.05, 0) is 74.5 Å². The van der Waals surface area contributed by atoms with Gasteiger partial charge >= 0.3 is 0 Å². The van der Waals surface area contributed by atoms with E-state index in [0.29, 0.717) is 5.56 Å². The van der Waals surface area contributed by atoms with Crippen LogP contribution in [0.2, 0.25) is 19.6 Å². The fourth-order valence-corrected chi connectivity index (χ4v) is 9.56. The number of hydrogen-bond donors (Lipinski definition) is 0. The number of rotatable bonds is 8. The summed E-state index contributed by atoms with van der Waals surface area (Å²) >= 11 is 1.71. The Kier molecular flexibility index (Phi) is 10.9. The molecule has 2 nitrogen and oxygen atoms in total. The molecule has 53 heavy (non-hydrogen) atoms. The van der Waals surface area contributed by atoms with E-state index in [1.54, 1.807) is 17.5 Å². The average molecular weight is 912 g/mol. The second-order valence-corrected chi connectivity index (χ2v) is 21.0. The fraction of sp³-hybridized carbons (Fsp3) is 0.292. The Labute approximate surface area is 342 Å². The zero-order valence-corrected chi connectivity index (χ0v) is 35.4. The molecule has 1 radical (unpaired) electrons. The van der Waals surface area contributed by atoms with E-state index >= 15 is 0 Å². The molecule has 7 aromatic rings. The van der Waals surface area contributed by atoms with Crippen molar-refractivity contribution < 1.29 is 27.0 Å². The summed E-state index contributed by atoms with van der Waals surface area (Å²) in [5, 5.41) is 3.40. The van der Waals surface area contributed by atoms with Crippen LogP contribution in [0.4, 0.5) is 0 Å². The van der Waals surface area contributed by atoms with Crippen LogP contribution in [-0.4, -0.2) is 18.0 Å². The third-order valence-electron chi connectivity index (χ3n) is 9.75. The van der Waals surface area contributed by atoms with Gasteiger partial charge in [0.05, 0.1) is 8.07 Å². The van der Waals surface area contributed by atoms with Gasteiger partial charge in [-0.1, -0.05) is 137 Å². The number of hydrogen-bond acceptors (Lipinski definition) is 3. The standard InChI is InChI=1S/C27H28NS.C21H22NSi.Ir/c1-18(2)21-11-12-22-23-9-6-10-24(27(23)29-26(22)17-21)25-16-20(13-14-28-25)15-19-7-4-3-5-8-19;1-23(2,3)21-16-22-20(18-12-8-5-9-13-18)15-19(21)14-17-10-6-4-7-11-17;/h6,9,11-14,16-19H,3-5,7-8,15H2,1-2H3;4-12,15-16H,14H2,1-3H3;/q2*-1;/i15D2,18D;14D2;. The number of thiophene rings is 1. The van der Waals surface area contributed by atoms with Crippen LogP contribution in [0.25, 0.3) is 42.7 Å². The zero-order chi connectivity index (χ0) is 40.6. The van der Waals surface area contributed by atoms with Crippen molar-refractivity contribution in [2.75, 3.05) is 0 Å². The molecule has 1 aliphatic rings. The van der Waals surface area contributed by atoms with Crippen molar-refractivity contribution in [2.24, 2.45) is 5.92 Å². The molecule has 1 saturated carbocycles. The van der Waals surface area contributed by atoms with Crippen molar-refractivity contribution in [2.45, 2.75) is 84.2 Å². The van der Waals surface area contributed by atoms with E-state index in [1.807, 2.05) is 98.9 Å². The summed E-state index contributed by atoms with van der Waals surface area (Å²) in [5.74, 6) is -0.567. The molecule has 0 unspecified atom stereocenters. The van der Waals surface area contributed by atoms with E-state index in [2.05, 4.69) is 66.0 Å². The van der Waals surface area contributed by atoms with E-state index in [9.17, 15) is 0 Å². The monoisotopic (exact) mass is 912 g/mol. The van der Waals surface area contributed by atoms with Gasteiger partial charge in [0.2, 0.25) is 0 Å². The van der Waals surface area contributed by atoms with E-state index in [1.165, 1.54) is 11.8 Å². The van der Waals surface area contributed by atoms with Gasteiger partial charge in [-0.3, -0.25) is 0 Å². The molecule has 0 saturated heterocycles. The van der Waals surface area contributed by atoms with E-state index in [4.69, 9.17) is 6.85 Å². The largest absolute Gasteiger partial charge is 0.305 e. The summed E-state index contributed by atoms with van der Waals surface area (Å²) in [4.78, 5) is 9.24. The van der Waals surface area contributed by atoms with Crippen LogP contribution in [0.15, 0.2) is 116 Å². The Hall–Kier alpha value is -3.73. The molecule has 0 bridgehead atoms. The Morgan fingerprint density at radius 3 is 2.34 bits per heavy atom. The molecule has 3 heterocycles. The van der Waals surface area contributed by atoms with Gasteiger partial charge in [0.25, 0.3) is 0 Å². The summed E-state index contributed by atoms with van der Waals surface area (Å²) in [5.41, 5.74) is 6.47. The van der Waals surface area contributed by atoms with Gasteiger partial charge in [-0.25, -0.2) is 0 Å². The molecule has 0 aliphatic heterocycles. The third-order valence-corrected chi connectivity index (χ3v) is 13.0. The second-order valence-electron chi connectivity index (χ2n) is 14.9.